The lowest BCUT2D eigenvalue weighted by atomic mass is 10.2. The van der Waals surface area contributed by atoms with Crippen LogP contribution in [-0.4, -0.2) is 25.6 Å². The smallest absolute Gasteiger partial charge is 0.0952 e. The van der Waals surface area contributed by atoms with Crippen LogP contribution < -0.4 is 5.32 Å². The molecule has 0 spiro atoms. The van der Waals surface area contributed by atoms with E-state index in [0.717, 1.165) is 32.6 Å². The van der Waals surface area contributed by atoms with Gasteiger partial charge in [0, 0.05) is 50.7 Å². The summed E-state index contributed by atoms with van der Waals surface area (Å²) in [6, 6.07) is 0. The maximum Gasteiger partial charge on any atom is 0.0952 e. The Bertz CT molecular complexity index is 457. The minimum absolute atomic E-state index is 0.910. The van der Waals surface area contributed by atoms with E-state index in [9.17, 15) is 0 Å². The predicted molar refractivity (Wildman–Crippen MR) is 59.9 cm³/mol. The zero-order valence-corrected chi connectivity index (χ0v) is 9.13. The summed E-state index contributed by atoms with van der Waals surface area (Å²) < 4.78 is 4.35. The maximum atomic E-state index is 4.43. The molecule has 2 aromatic heterocycles. The van der Waals surface area contributed by atoms with Crippen molar-refractivity contribution in [2.75, 3.05) is 6.54 Å². The second kappa shape index (κ2) is 4.09. The highest BCUT2D eigenvalue weighted by Crippen LogP contribution is 2.12. The van der Waals surface area contributed by atoms with Gasteiger partial charge >= 0.3 is 0 Å². The van der Waals surface area contributed by atoms with Gasteiger partial charge in [0.05, 0.1) is 18.3 Å². The standard InChI is InChI=1S/C11H15N5/c1-2-12-7-10-11(1)16(9-14-10)6-5-15-4-3-13-8-15/h3-4,8-9,12H,1-2,5-7H2. The van der Waals surface area contributed by atoms with E-state index in [1.165, 1.54) is 11.4 Å². The van der Waals surface area contributed by atoms with Crippen molar-refractivity contribution in [1.29, 1.82) is 0 Å². The number of nitrogens with one attached hydrogen (secondary N) is 1. The van der Waals surface area contributed by atoms with Crippen LogP contribution in [0.4, 0.5) is 0 Å². The van der Waals surface area contributed by atoms with E-state index in [2.05, 4.69) is 24.4 Å². The van der Waals surface area contributed by atoms with Gasteiger partial charge in [-0.25, -0.2) is 9.97 Å². The van der Waals surface area contributed by atoms with Crippen LogP contribution in [0.2, 0.25) is 0 Å². The summed E-state index contributed by atoms with van der Waals surface area (Å²) in [6.07, 6.45) is 8.69. The molecule has 0 aliphatic carbocycles. The van der Waals surface area contributed by atoms with Crippen molar-refractivity contribution in [1.82, 2.24) is 24.4 Å². The first kappa shape index (κ1) is 9.59. The summed E-state index contributed by atoms with van der Waals surface area (Å²) in [7, 11) is 0. The van der Waals surface area contributed by atoms with Gasteiger partial charge in [0.25, 0.3) is 0 Å². The third kappa shape index (κ3) is 1.74. The molecule has 0 saturated heterocycles. The molecule has 0 fully saturated rings. The molecule has 0 bridgehead atoms. The number of aryl methyl sites for hydroxylation is 2. The Kier molecular flexibility index (Phi) is 2.46. The lowest BCUT2D eigenvalue weighted by Gasteiger charge is -2.15. The van der Waals surface area contributed by atoms with Crippen LogP contribution in [0.3, 0.4) is 0 Å². The van der Waals surface area contributed by atoms with E-state index in [0.29, 0.717) is 0 Å². The van der Waals surface area contributed by atoms with Crippen molar-refractivity contribution in [3.63, 3.8) is 0 Å². The quantitative estimate of drug-likeness (QED) is 0.811. The molecule has 5 nitrogen and oxygen atoms in total. The summed E-state index contributed by atoms with van der Waals surface area (Å²) in [4.78, 5) is 8.47. The zero-order chi connectivity index (χ0) is 10.8. The number of nitrogens with zero attached hydrogens (tertiary/aromatic N) is 4. The molecule has 1 N–H and O–H groups in total. The van der Waals surface area contributed by atoms with E-state index >= 15 is 0 Å². The van der Waals surface area contributed by atoms with Crippen molar-refractivity contribution in [2.45, 2.75) is 26.1 Å². The van der Waals surface area contributed by atoms with Crippen LogP contribution in [0.5, 0.6) is 0 Å². The second-order valence-corrected chi connectivity index (χ2v) is 4.06. The number of imidazole rings is 2. The van der Waals surface area contributed by atoms with E-state index in [-0.39, 0.29) is 0 Å². The lowest BCUT2D eigenvalue weighted by molar-refractivity contribution is 0.540. The van der Waals surface area contributed by atoms with Gasteiger partial charge in [-0.05, 0) is 0 Å². The van der Waals surface area contributed by atoms with Gasteiger partial charge in [0.2, 0.25) is 0 Å². The number of hydrogen-bond donors (Lipinski definition) is 1. The first-order valence-corrected chi connectivity index (χ1v) is 5.63. The summed E-state index contributed by atoms with van der Waals surface area (Å²) in [5.41, 5.74) is 2.59. The molecule has 0 radical (unpaired) electrons. The fourth-order valence-electron chi connectivity index (χ4n) is 2.13. The van der Waals surface area contributed by atoms with Gasteiger partial charge in [-0.15, -0.1) is 0 Å². The van der Waals surface area contributed by atoms with Crippen molar-refractivity contribution in [3.8, 4) is 0 Å². The first-order valence-electron chi connectivity index (χ1n) is 5.63. The minimum atomic E-state index is 0.910. The monoisotopic (exact) mass is 217 g/mol. The fourth-order valence-corrected chi connectivity index (χ4v) is 2.13. The van der Waals surface area contributed by atoms with Crippen molar-refractivity contribution < 1.29 is 0 Å². The van der Waals surface area contributed by atoms with Crippen LogP contribution in [-0.2, 0) is 26.1 Å². The molecule has 3 heterocycles. The average Bonchev–Trinajstić information content (AvgIpc) is 2.96. The zero-order valence-electron chi connectivity index (χ0n) is 9.13. The van der Waals surface area contributed by atoms with Gasteiger partial charge in [0.15, 0.2) is 0 Å². The molecule has 16 heavy (non-hydrogen) atoms. The topological polar surface area (TPSA) is 47.7 Å². The molecule has 0 atom stereocenters. The molecule has 3 rings (SSSR count). The van der Waals surface area contributed by atoms with Gasteiger partial charge in [-0.3, -0.25) is 0 Å². The molecule has 2 aromatic rings. The van der Waals surface area contributed by atoms with Gasteiger partial charge < -0.3 is 14.5 Å². The Hall–Kier alpha value is -1.62. The van der Waals surface area contributed by atoms with E-state index < -0.39 is 0 Å². The van der Waals surface area contributed by atoms with E-state index in [1.807, 2.05) is 25.0 Å². The minimum Gasteiger partial charge on any atom is -0.336 e. The Morgan fingerprint density at radius 1 is 1.31 bits per heavy atom. The van der Waals surface area contributed by atoms with Gasteiger partial charge in [-0.1, -0.05) is 0 Å². The summed E-state index contributed by atoms with van der Waals surface area (Å²) in [5.74, 6) is 0. The normalized spacial score (nSPS) is 15.0. The fraction of sp³-hybridized carbons (Fsp3) is 0.455. The number of aromatic nitrogens is 4. The van der Waals surface area contributed by atoms with Crippen LogP contribution in [0.1, 0.15) is 11.4 Å². The number of hydrogen-bond acceptors (Lipinski definition) is 3. The molecular formula is C11H15N5. The molecule has 1 aliphatic heterocycles. The Labute approximate surface area is 94.1 Å². The Morgan fingerprint density at radius 2 is 2.31 bits per heavy atom. The Balaban J connectivity index is 1.72. The SMILES string of the molecule is c1cn(CCn2cnc3c2CCNC3)cn1. The Morgan fingerprint density at radius 3 is 3.19 bits per heavy atom. The predicted octanol–water partition coefficient (Wildman–Crippen LogP) is 0.425. The number of rotatable bonds is 3. The van der Waals surface area contributed by atoms with Gasteiger partial charge in [-0.2, -0.15) is 0 Å². The van der Waals surface area contributed by atoms with E-state index in [4.69, 9.17) is 0 Å². The lowest BCUT2D eigenvalue weighted by Crippen LogP contribution is -2.25. The third-order valence-corrected chi connectivity index (χ3v) is 3.02. The van der Waals surface area contributed by atoms with E-state index in [1.54, 1.807) is 0 Å². The van der Waals surface area contributed by atoms with Crippen molar-refractivity contribution in [2.24, 2.45) is 0 Å². The molecule has 84 valence electrons. The van der Waals surface area contributed by atoms with Crippen LogP contribution >= 0.6 is 0 Å². The molecule has 0 aromatic carbocycles. The van der Waals surface area contributed by atoms with Crippen molar-refractivity contribution in [3.05, 3.63) is 36.4 Å². The highest BCUT2D eigenvalue weighted by atomic mass is 15.1. The molecule has 0 amide bonds. The van der Waals surface area contributed by atoms with Gasteiger partial charge in [0.1, 0.15) is 0 Å². The highest BCUT2D eigenvalue weighted by molar-refractivity contribution is 5.16. The molecular weight excluding hydrogens is 202 g/mol. The summed E-state index contributed by atoms with van der Waals surface area (Å²) >= 11 is 0. The third-order valence-electron chi connectivity index (χ3n) is 3.02. The summed E-state index contributed by atoms with van der Waals surface area (Å²) in [5, 5.41) is 3.33. The van der Waals surface area contributed by atoms with Crippen LogP contribution in [0, 0.1) is 0 Å². The number of fused-ring (bicyclic) bond motifs is 1. The first-order chi connectivity index (χ1) is 7.93. The average molecular weight is 217 g/mol. The molecule has 1 aliphatic rings. The summed E-state index contributed by atoms with van der Waals surface area (Å²) in [6.45, 7) is 3.89. The van der Waals surface area contributed by atoms with Crippen LogP contribution in [0.25, 0.3) is 0 Å². The highest BCUT2D eigenvalue weighted by Gasteiger charge is 2.14. The van der Waals surface area contributed by atoms with Crippen molar-refractivity contribution >= 4 is 0 Å². The maximum absolute atomic E-state index is 4.43. The largest absolute Gasteiger partial charge is 0.336 e. The molecule has 0 unspecified atom stereocenters. The molecule has 5 heteroatoms. The van der Waals surface area contributed by atoms with Crippen LogP contribution in [0.15, 0.2) is 25.0 Å². The molecule has 0 saturated carbocycles. The second-order valence-electron chi connectivity index (χ2n) is 4.06.